The van der Waals surface area contributed by atoms with Crippen molar-refractivity contribution in [2.45, 2.75) is 19.6 Å². The van der Waals surface area contributed by atoms with Crippen LogP contribution < -0.4 is 5.32 Å². The minimum atomic E-state index is -0.435. The Bertz CT molecular complexity index is 338. The van der Waals surface area contributed by atoms with Crippen molar-refractivity contribution >= 4 is 17.4 Å². The minimum absolute atomic E-state index is 0.189. The van der Waals surface area contributed by atoms with Crippen molar-refractivity contribution in [3.8, 4) is 0 Å². The lowest BCUT2D eigenvalue weighted by molar-refractivity contribution is -0.0974. The zero-order valence-electron chi connectivity index (χ0n) is 9.52. The maximum absolute atomic E-state index is 11.7. The largest absolute Gasteiger partial charge is 0.354 e. The lowest BCUT2D eigenvalue weighted by atomic mass is 10.3. The van der Waals surface area contributed by atoms with Gasteiger partial charge in [-0.2, -0.15) is 0 Å². The fourth-order valence-corrected chi connectivity index (χ4v) is 1.80. The van der Waals surface area contributed by atoms with E-state index in [1.165, 1.54) is 14.2 Å². The molecule has 0 aromatic carbocycles. The summed E-state index contributed by atoms with van der Waals surface area (Å²) in [6, 6.07) is 0. The fourth-order valence-electron chi connectivity index (χ4n) is 1.13. The molecule has 0 fully saturated rings. The number of aryl methyl sites for hydroxylation is 1. The van der Waals surface area contributed by atoms with E-state index in [-0.39, 0.29) is 5.91 Å². The number of carbonyl (C=O) groups is 1. The molecule has 1 N–H and O–H groups in total. The molecule has 16 heavy (non-hydrogen) atoms. The van der Waals surface area contributed by atoms with Crippen LogP contribution in [0.3, 0.4) is 0 Å². The van der Waals surface area contributed by atoms with E-state index in [1.54, 1.807) is 0 Å². The van der Waals surface area contributed by atoms with Crippen LogP contribution in [0.2, 0.25) is 0 Å². The molecule has 1 aromatic heterocycles. The normalized spacial score (nSPS) is 10.8. The molecule has 0 spiro atoms. The summed E-state index contributed by atoms with van der Waals surface area (Å²) in [7, 11) is 3.04. The van der Waals surface area contributed by atoms with Crippen molar-refractivity contribution in [1.29, 1.82) is 0 Å². The highest BCUT2D eigenvalue weighted by atomic mass is 32.1. The van der Waals surface area contributed by atoms with Crippen molar-refractivity contribution in [2.24, 2.45) is 0 Å². The summed E-state index contributed by atoms with van der Waals surface area (Å²) in [5.41, 5.74) is 0.717. The number of ether oxygens (including phenoxy) is 2. The number of rotatable bonds is 6. The van der Waals surface area contributed by atoms with E-state index < -0.39 is 6.29 Å². The second-order valence-electron chi connectivity index (χ2n) is 3.01. The molecule has 0 saturated heterocycles. The summed E-state index contributed by atoms with van der Waals surface area (Å²) >= 11 is 1.09. The third-order valence-corrected chi connectivity index (χ3v) is 2.82. The average molecular weight is 245 g/mol. The number of nitrogens with zero attached hydrogens (tertiary/aromatic N) is 2. The summed E-state index contributed by atoms with van der Waals surface area (Å²) in [5.74, 6) is -0.189. The number of methoxy groups -OCH3 is 2. The number of hydrogen-bond acceptors (Lipinski definition) is 6. The first kappa shape index (κ1) is 13.0. The molecule has 1 heterocycles. The molecule has 0 aliphatic heterocycles. The van der Waals surface area contributed by atoms with Crippen LogP contribution in [0.5, 0.6) is 0 Å². The van der Waals surface area contributed by atoms with Crippen molar-refractivity contribution in [2.75, 3.05) is 20.8 Å². The SMILES string of the molecule is CCc1nnsc1C(=O)NCC(OC)OC. The van der Waals surface area contributed by atoms with Crippen LogP contribution in [-0.2, 0) is 15.9 Å². The van der Waals surface area contributed by atoms with Crippen molar-refractivity contribution in [3.05, 3.63) is 10.6 Å². The molecular weight excluding hydrogens is 230 g/mol. The first-order valence-corrected chi connectivity index (χ1v) is 5.65. The quantitative estimate of drug-likeness (QED) is 0.737. The predicted molar refractivity (Wildman–Crippen MR) is 59.4 cm³/mol. The van der Waals surface area contributed by atoms with Crippen LogP contribution >= 0.6 is 11.5 Å². The Labute approximate surface area is 98.1 Å². The highest BCUT2D eigenvalue weighted by Gasteiger charge is 2.16. The molecule has 0 atom stereocenters. The second-order valence-corrected chi connectivity index (χ2v) is 3.77. The predicted octanol–water partition coefficient (Wildman–Crippen LogP) is 0.449. The van der Waals surface area contributed by atoms with Crippen molar-refractivity contribution < 1.29 is 14.3 Å². The van der Waals surface area contributed by atoms with Gasteiger partial charge in [0.25, 0.3) is 5.91 Å². The fraction of sp³-hybridized carbons (Fsp3) is 0.667. The minimum Gasteiger partial charge on any atom is -0.354 e. The van der Waals surface area contributed by atoms with Gasteiger partial charge < -0.3 is 14.8 Å². The summed E-state index contributed by atoms with van der Waals surface area (Å²) in [6.45, 7) is 2.23. The van der Waals surface area contributed by atoms with Gasteiger partial charge in [0.15, 0.2) is 6.29 Å². The topological polar surface area (TPSA) is 73.3 Å². The smallest absolute Gasteiger partial charge is 0.265 e. The molecule has 90 valence electrons. The van der Waals surface area contributed by atoms with Gasteiger partial charge in [0.1, 0.15) is 4.88 Å². The van der Waals surface area contributed by atoms with Crippen LogP contribution in [0.4, 0.5) is 0 Å². The summed E-state index contributed by atoms with van der Waals surface area (Å²) in [6.07, 6.45) is 0.256. The van der Waals surface area contributed by atoms with Crippen LogP contribution in [0.25, 0.3) is 0 Å². The van der Waals surface area contributed by atoms with Gasteiger partial charge in [-0.05, 0) is 18.0 Å². The molecule has 6 nitrogen and oxygen atoms in total. The zero-order chi connectivity index (χ0) is 12.0. The van der Waals surface area contributed by atoms with Gasteiger partial charge in [-0.1, -0.05) is 11.4 Å². The Balaban J connectivity index is 2.52. The van der Waals surface area contributed by atoms with E-state index in [9.17, 15) is 4.79 Å². The van der Waals surface area contributed by atoms with Crippen LogP contribution in [0, 0.1) is 0 Å². The van der Waals surface area contributed by atoms with Crippen LogP contribution in [0.15, 0.2) is 0 Å². The van der Waals surface area contributed by atoms with Gasteiger partial charge in [-0.25, -0.2) is 0 Å². The first-order chi connectivity index (χ1) is 7.72. The maximum atomic E-state index is 11.7. The van der Waals surface area contributed by atoms with E-state index >= 15 is 0 Å². The molecule has 1 aromatic rings. The molecule has 0 aliphatic carbocycles. The second kappa shape index (κ2) is 6.51. The number of amides is 1. The summed E-state index contributed by atoms with van der Waals surface area (Å²) < 4.78 is 13.7. The zero-order valence-corrected chi connectivity index (χ0v) is 10.3. The highest BCUT2D eigenvalue weighted by molar-refractivity contribution is 7.08. The molecule has 0 aliphatic rings. The first-order valence-electron chi connectivity index (χ1n) is 4.87. The van der Waals surface area contributed by atoms with E-state index in [0.29, 0.717) is 23.5 Å². The Morgan fingerprint density at radius 3 is 2.75 bits per heavy atom. The lowest BCUT2D eigenvalue weighted by Gasteiger charge is -2.13. The Hall–Kier alpha value is -1.05. The van der Waals surface area contributed by atoms with Crippen LogP contribution in [0.1, 0.15) is 22.3 Å². The Morgan fingerprint density at radius 2 is 2.19 bits per heavy atom. The molecule has 1 rings (SSSR count). The molecule has 7 heteroatoms. The molecule has 1 amide bonds. The van der Waals surface area contributed by atoms with Gasteiger partial charge in [0, 0.05) is 14.2 Å². The molecule has 0 saturated carbocycles. The van der Waals surface area contributed by atoms with Gasteiger partial charge in [0.05, 0.1) is 12.2 Å². The summed E-state index contributed by atoms with van der Waals surface area (Å²) in [4.78, 5) is 12.3. The third kappa shape index (κ3) is 3.22. The van der Waals surface area contributed by atoms with E-state index in [2.05, 4.69) is 14.9 Å². The molecule has 0 bridgehead atoms. The van der Waals surface area contributed by atoms with E-state index in [4.69, 9.17) is 9.47 Å². The highest BCUT2D eigenvalue weighted by Crippen LogP contribution is 2.10. The molecule has 0 radical (unpaired) electrons. The lowest BCUT2D eigenvalue weighted by Crippen LogP contribution is -2.34. The van der Waals surface area contributed by atoms with E-state index in [0.717, 1.165) is 11.5 Å². The standard InChI is InChI=1S/C9H15N3O3S/c1-4-6-8(16-12-11-6)9(13)10-5-7(14-2)15-3/h7H,4-5H2,1-3H3,(H,10,13). The van der Waals surface area contributed by atoms with E-state index in [1.807, 2.05) is 6.92 Å². The Kier molecular flexibility index (Phi) is 5.30. The monoisotopic (exact) mass is 245 g/mol. The third-order valence-electron chi connectivity index (χ3n) is 2.05. The van der Waals surface area contributed by atoms with Gasteiger partial charge in [-0.15, -0.1) is 5.10 Å². The van der Waals surface area contributed by atoms with Crippen molar-refractivity contribution in [3.63, 3.8) is 0 Å². The molecular formula is C9H15N3O3S. The van der Waals surface area contributed by atoms with Gasteiger partial charge >= 0.3 is 0 Å². The number of carbonyl (C=O) groups excluding carboxylic acids is 1. The van der Waals surface area contributed by atoms with Gasteiger partial charge in [-0.3, -0.25) is 4.79 Å². The number of aromatic nitrogens is 2. The number of hydrogen-bond donors (Lipinski definition) is 1. The summed E-state index contributed by atoms with van der Waals surface area (Å²) in [5, 5.41) is 6.57. The van der Waals surface area contributed by atoms with Gasteiger partial charge in [0.2, 0.25) is 0 Å². The number of nitrogens with one attached hydrogen (secondary N) is 1. The Morgan fingerprint density at radius 1 is 1.50 bits per heavy atom. The molecule has 0 unspecified atom stereocenters. The average Bonchev–Trinajstić information content (AvgIpc) is 2.78. The maximum Gasteiger partial charge on any atom is 0.265 e. The van der Waals surface area contributed by atoms with Crippen molar-refractivity contribution in [1.82, 2.24) is 14.9 Å². The van der Waals surface area contributed by atoms with Crippen LogP contribution in [-0.4, -0.2) is 42.5 Å².